The summed E-state index contributed by atoms with van der Waals surface area (Å²) in [6.45, 7) is 24.4. The normalized spacial score (nSPS) is 12.5. The Morgan fingerprint density at radius 2 is 0.660 bits per heavy atom. The maximum Gasteiger partial charge on any atom is 0.311 e. The highest BCUT2D eigenvalue weighted by molar-refractivity contribution is 5.94. The number of esters is 2. The van der Waals surface area contributed by atoms with E-state index in [1.54, 1.807) is 24.3 Å². The van der Waals surface area contributed by atoms with E-state index in [1.807, 2.05) is 83.1 Å². The summed E-state index contributed by atoms with van der Waals surface area (Å²) in [6.07, 6.45) is 8.17. The largest absolute Gasteiger partial charge is 0.426 e. The maximum atomic E-state index is 13.0. The minimum Gasteiger partial charge on any atom is -0.426 e. The fourth-order valence-electron chi connectivity index (χ4n) is 5.92. The molecule has 8 heteroatoms. The van der Waals surface area contributed by atoms with Gasteiger partial charge in [-0.05, 0) is 58.8 Å². The first-order chi connectivity index (χ1) is 22.8. The van der Waals surface area contributed by atoms with Gasteiger partial charge in [-0.25, -0.2) is 0 Å². The van der Waals surface area contributed by atoms with E-state index in [9.17, 15) is 19.2 Å². The average molecular weight is 693 g/mol. The van der Waals surface area contributed by atoms with Crippen molar-refractivity contribution in [2.45, 2.75) is 169 Å². The molecule has 0 radical (unpaired) electrons. The van der Waals surface area contributed by atoms with Crippen LogP contribution in [0.1, 0.15) is 190 Å². The summed E-state index contributed by atoms with van der Waals surface area (Å²) in [5.74, 6) is -0.476. The second-order valence-electron chi connectivity index (χ2n) is 17.8. The van der Waals surface area contributed by atoms with Gasteiger partial charge in [0.25, 0.3) is 0 Å². The molecule has 0 aromatic heterocycles. The van der Waals surface area contributed by atoms with Gasteiger partial charge < -0.3 is 20.9 Å². The van der Waals surface area contributed by atoms with Crippen LogP contribution in [0.25, 0.3) is 0 Å². The number of ether oxygens (including phenoxy) is 2. The molecule has 0 bridgehead atoms. The number of benzene rings is 2. The monoisotopic (exact) mass is 692 g/mol. The highest BCUT2D eigenvalue weighted by Gasteiger charge is 2.31. The molecule has 0 aliphatic rings. The summed E-state index contributed by atoms with van der Waals surface area (Å²) >= 11 is 0. The standard InChI is InChI=1S/C42H64N2O6/c1-39(2,3)29-23-27(37(43)47)24-30(40(4,5)6)35(29)49-33(45)21-19-17-15-13-14-16-18-20-22-34(46)50-36-31(41(7,8)9)25-28(38(44)48)26-32(36)42(10,11)12/h23-26H,13-22H2,1-12H3,(H2,43,47)(H2,44,48). The second kappa shape index (κ2) is 17.0. The molecule has 2 amide bonds. The van der Waals surface area contributed by atoms with Crippen LogP contribution in [0.15, 0.2) is 24.3 Å². The van der Waals surface area contributed by atoms with Crippen LogP contribution >= 0.6 is 0 Å². The van der Waals surface area contributed by atoms with E-state index in [-0.39, 0.29) is 33.6 Å². The minimum atomic E-state index is -0.503. The van der Waals surface area contributed by atoms with Crippen LogP contribution in [0.4, 0.5) is 0 Å². The number of carbonyl (C=O) groups is 4. The fraction of sp³-hybridized carbons (Fsp3) is 0.619. The van der Waals surface area contributed by atoms with Gasteiger partial charge in [0.05, 0.1) is 0 Å². The van der Waals surface area contributed by atoms with E-state index < -0.39 is 11.8 Å². The Morgan fingerprint density at radius 1 is 0.440 bits per heavy atom. The Kier molecular flexibility index (Phi) is 14.5. The molecule has 0 saturated heterocycles. The third-order valence-corrected chi connectivity index (χ3v) is 8.92. The van der Waals surface area contributed by atoms with Crippen molar-refractivity contribution < 1.29 is 28.7 Å². The summed E-state index contributed by atoms with van der Waals surface area (Å²) in [5, 5.41) is 0. The smallest absolute Gasteiger partial charge is 0.311 e. The molecular weight excluding hydrogens is 628 g/mol. The molecule has 50 heavy (non-hydrogen) atoms. The molecule has 0 aliphatic carbocycles. The third kappa shape index (κ3) is 12.6. The zero-order valence-corrected chi connectivity index (χ0v) is 33.0. The van der Waals surface area contributed by atoms with Crippen LogP contribution < -0.4 is 20.9 Å². The van der Waals surface area contributed by atoms with Crippen molar-refractivity contribution in [3.63, 3.8) is 0 Å². The molecule has 2 aromatic carbocycles. The predicted octanol–water partition coefficient (Wildman–Crippen LogP) is 9.49. The molecule has 0 unspecified atom stereocenters. The Hall–Kier alpha value is -3.68. The van der Waals surface area contributed by atoms with Crippen LogP contribution in [0.5, 0.6) is 11.5 Å². The van der Waals surface area contributed by atoms with Crippen LogP contribution in [0.3, 0.4) is 0 Å². The molecule has 0 atom stereocenters. The quantitative estimate of drug-likeness (QED) is 0.108. The van der Waals surface area contributed by atoms with Gasteiger partial charge in [-0.2, -0.15) is 0 Å². The molecule has 0 spiro atoms. The lowest BCUT2D eigenvalue weighted by molar-refractivity contribution is -0.135. The third-order valence-electron chi connectivity index (χ3n) is 8.92. The maximum absolute atomic E-state index is 13.0. The Labute approximate surface area is 301 Å². The van der Waals surface area contributed by atoms with Crippen LogP contribution in [-0.4, -0.2) is 23.8 Å². The zero-order chi connectivity index (χ0) is 38.2. The van der Waals surface area contributed by atoms with Gasteiger partial charge in [0, 0.05) is 46.2 Å². The van der Waals surface area contributed by atoms with Gasteiger partial charge >= 0.3 is 11.9 Å². The molecule has 2 rings (SSSR count). The molecule has 2 aromatic rings. The number of amides is 2. The first-order valence-electron chi connectivity index (χ1n) is 18.2. The van der Waals surface area contributed by atoms with Crippen LogP contribution in [-0.2, 0) is 31.2 Å². The van der Waals surface area contributed by atoms with Crippen LogP contribution in [0.2, 0.25) is 0 Å². The Bertz CT molecular complexity index is 1340. The van der Waals surface area contributed by atoms with E-state index in [1.165, 1.54) is 0 Å². The lowest BCUT2D eigenvalue weighted by atomic mass is 9.78. The van der Waals surface area contributed by atoms with E-state index in [0.29, 0.717) is 35.5 Å². The topological polar surface area (TPSA) is 139 Å². The molecule has 0 fully saturated rings. The molecule has 0 aliphatic heterocycles. The molecule has 8 nitrogen and oxygen atoms in total. The first kappa shape index (κ1) is 42.5. The van der Waals surface area contributed by atoms with Crippen molar-refractivity contribution in [3.05, 3.63) is 57.6 Å². The molecule has 0 heterocycles. The lowest BCUT2D eigenvalue weighted by Gasteiger charge is -2.29. The van der Waals surface area contributed by atoms with Crippen molar-refractivity contribution in [2.24, 2.45) is 11.5 Å². The van der Waals surface area contributed by atoms with E-state index in [2.05, 4.69) is 0 Å². The Morgan fingerprint density at radius 3 is 0.860 bits per heavy atom. The van der Waals surface area contributed by atoms with Gasteiger partial charge in [-0.15, -0.1) is 0 Å². The van der Waals surface area contributed by atoms with Gasteiger partial charge in [0.2, 0.25) is 11.8 Å². The summed E-state index contributed by atoms with van der Waals surface area (Å²) < 4.78 is 12.0. The highest BCUT2D eigenvalue weighted by atomic mass is 16.5. The number of nitrogens with two attached hydrogens (primary N) is 2. The molecule has 0 saturated carbocycles. The minimum absolute atomic E-state index is 0.271. The molecular formula is C42H64N2O6. The lowest BCUT2D eigenvalue weighted by Crippen LogP contribution is -2.24. The van der Waals surface area contributed by atoms with Gasteiger partial charge in [-0.1, -0.05) is 122 Å². The zero-order valence-electron chi connectivity index (χ0n) is 33.0. The van der Waals surface area contributed by atoms with Crippen molar-refractivity contribution in [1.82, 2.24) is 0 Å². The van der Waals surface area contributed by atoms with Crippen molar-refractivity contribution in [1.29, 1.82) is 0 Å². The van der Waals surface area contributed by atoms with E-state index in [4.69, 9.17) is 20.9 Å². The van der Waals surface area contributed by atoms with E-state index in [0.717, 1.165) is 73.6 Å². The van der Waals surface area contributed by atoms with Gasteiger partial charge in [0.15, 0.2) is 0 Å². The molecule has 278 valence electrons. The van der Waals surface area contributed by atoms with Crippen molar-refractivity contribution >= 4 is 23.8 Å². The van der Waals surface area contributed by atoms with Crippen molar-refractivity contribution in [3.8, 4) is 11.5 Å². The number of carbonyl (C=O) groups excluding carboxylic acids is 4. The van der Waals surface area contributed by atoms with Crippen LogP contribution in [0, 0.1) is 0 Å². The highest BCUT2D eigenvalue weighted by Crippen LogP contribution is 2.42. The number of unbranched alkanes of at least 4 members (excludes halogenated alkanes) is 7. The SMILES string of the molecule is CC(C)(C)c1cc(C(N)=O)cc(C(C)(C)C)c1OC(=O)CCCCCCCCCCC(=O)Oc1c(C(C)(C)C)cc(C(N)=O)cc1C(C)(C)C. The summed E-state index contributed by atoms with van der Waals surface area (Å²) in [4.78, 5) is 50.1. The van der Waals surface area contributed by atoms with Crippen molar-refractivity contribution in [2.75, 3.05) is 0 Å². The number of rotatable bonds is 15. The summed E-state index contributed by atoms with van der Waals surface area (Å²) in [7, 11) is 0. The number of primary amides is 2. The number of hydrogen-bond acceptors (Lipinski definition) is 6. The fourth-order valence-corrected chi connectivity index (χ4v) is 5.92. The van der Waals surface area contributed by atoms with E-state index >= 15 is 0 Å². The summed E-state index contributed by atoms with van der Waals surface area (Å²) in [5.41, 5.74) is 13.9. The molecule has 4 N–H and O–H groups in total. The predicted molar refractivity (Wildman–Crippen MR) is 202 cm³/mol. The average Bonchev–Trinajstić information content (AvgIpc) is 2.95. The first-order valence-corrected chi connectivity index (χ1v) is 18.2. The Balaban J connectivity index is 1.84. The van der Waals surface area contributed by atoms with Gasteiger partial charge in [-0.3, -0.25) is 19.2 Å². The summed E-state index contributed by atoms with van der Waals surface area (Å²) in [6, 6.07) is 7.00. The number of hydrogen-bond donors (Lipinski definition) is 2. The van der Waals surface area contributed by atoms with Gasteiger partial charge in [0.1, 0.15) is 11.5 Å². The second-order valence-corrected chi connectivity index (χ2v) is 17.8.